The summed E-state index contributed by atoms with van der Waals surface area (Å²) in [5.74, 6) is -0.0696. The van der Waals surface area contributed by atoms with Crippen molar-refractivity contribution in [3.8, 4) is 0 Å². The van der Waals surface area contributed by atoms with Crippen LogP contribution < -0.4 is 10.2 Å². The summed E-state index contributed by atoms with van der Waals surface area (Å²) in [6.07, 6.45) is 0.164. The smallest absolute Gasteiger partial charge is 0.252 e. The van der Waals surface area contributed by atoms with E-state index >= 15 is 0 Å². The minimum Gasteiger partial charge on any atom is -0.326 e. The summed E-state index contributed by atoms with van der Waals surface area (Å²) in [7, 11) is 0. The fraction of sp³-hybridized carbons (Fsp3) is 0.100. The minimum absolute atomic E-state index is 0.332. The molecule has 0 bridgehead atoms. The summed E-state index contributed by atoms with van der Waals surface area (Å²) in [4.78, 5) is 28.2. The molecule has 1 N–H and O–H groups in total. The molecule has 0 aromatic heterocycles. The largest absolute Gasteiger partial charge is 0.326 e. The van der Waals surface area contributed by atoms with Crippen molar-refractivity contribution in [3.05, 3.63) is 126 Å². The third kappa shape index (κ3) is 5.71. The molecule has 0 spiro atoms. The third-order valence-corrected chi connectivity index (χ3v) is 6.31. The molecule has 7 heteroatoms. The van der Waals surface area contributed by atoms with Crippen LogP contribution in [0, 0.1) is 0 Å². The van der Waals surface area contributed by atoms with E-state index in [0.717, 1.165) is 22.8 Å². The maximum Gasteiger partial charge on any atom is 0.252 e. The Kier molecular flexibility index (Phi) is 7.28. The van der Waals surface area contributed by atoms with Crippen LogP contribution in [0.1, 0.15) is 24.4 Å². The Labute approximate surface area is 220 Å². The molecule has 0 unspecified atom stereocenters. The van der Waals surface area contributed by atoms with Gasteiger partial charge in [-0.25, -0.2) is 5.01 Å². The maximum absolute atomic E-state index is 13.4. The number of benzene rings is 4. The first-order valence-corrected chi connectivity index (χ1v) is 12.4. The van der Waals surface area contributed by atoms with Gasteiger partial charge in [-0.3, -0.25) is 14.5 Å². The summed E-state index contributed by atoms with van der Waals surface area (Å²) >= 11 is 5.93. The molecule has 0 aliphatic carbocycles. The average Bonchev–Trinajstić information content (AvgIpc) is 3.37. The van der Waals surface area contributed by atoms with Gasteiger partial charge in [0, 0.05) is 28.5 Å². The van der Waals surface area contributed by atoms with Gasteiger partial charge in [-0.05, 0) is 54.1 Å². The Hall–Kier alpha value is -4.42. The molecule has 6 nitrogen and oxygen atoms in total. The van der Waals surface area contributed by atoms with Gasteiger partial charge >= 0.3 is 0 Å². The summed E-state index contributed by atoms with van der Waals surface area (Å²) < 4.78 is 0. The molecule has 4 aromatic rings. The predicted molar refractivity (Wildman–Crippen MR) is 148 cm³/mol. The zero-order valence-electron chi connectivity index (χ0n) is 20.0. The number of rotatable bonds is 6. The molecule has 0 saturated heterocycles. The summed E-state index contributed by atoms with van der Waals surface area (Å²) in [5, 5.41) is 9.58. The highest BCUT2D eigenvalue weighted by Gasteiger charge is 2.36. The van der Waals surface area contributed by atoms with Gasteiger partial charge in [-0.15, -0.1) is 0 Å². The van der Waals surface area contributed by atoms with Gasteiger partial charge in [0.2, 0.25) is 5.91 Å². The predicted octanol–water partition coefficient (Wildman–Crippen LogP) is 6.79. The van der Waals surface area contributed by atoms with E-state index < -0.39 is 5.91 Å². The van der Waals surface area contributed by atoms with Crippen molar-refractivity contribution in [1.82, 2.24) is 5.01 Å². The molecule has 4 aromatic carbocycles. The van der Waals surface area contributed by atoms with Gasteiger partial charge in [0.15, 0.2) is 0 Å². The van der Waals surface area contributed by atoms with Crippen molar-refractivity contribution in [1.29, 1.82) is 0 Å². The van der Waals surface area contributed by atoms with Crippen molar-refractivity contribution in [2.24, 2.45) is 5.10 Å². The molecule has 0 radical (unpaired) electrons. The standard InChI is InChI=1S/C30H25ClN4O2/c31-23-16-18-24(19-17-23)32-29(36)21-30(37)35-27(22-10-4-1-5-11-22)20-28(33-35)34(25-12-6-2-7-13-25)26-14-8-3-9-15-26/h1-19,27H,20-21H2,(H,32,36)/t27-/m0/s1. The Morgan fingerprint density at radius 2 is 1.35 bits per heavy atom. The van der Waals surface area contributed by atoms with Crippen molar-refractivity contribution >= 4 is 46.3 Å². The number of amides is 2. The second-order valence-corrected chi connectivity index (χ2v) is 9.06. The number of para-hydroxylation sites is 2. The van der Waals surface area contributed by atoms with Crippen LogP contribution in [0.2, 0.25) is 5.02 Å². The summed E-state index contributed by atoms with van der Waals surface area (Å²) in [6, 6.07) is 36.1. The molecule has 37 heavy (non-hydrogen) atoms. The monoisotopic (exact) mass is 508 g/mol. The maximum atomic E-state index is 13.4. The van der Waals surface area contributed by atoms with Gasteiger partial charge < -0.3 is 5.32 Å². The number of carbonyl (C=O) groups is 2. The fourth-order valence-corrected chi connectivity index (χ4v) is 4.48. The van der Waals surface area contributed by atoms with Crippen LogP contribution in [0.3, 0.4) is 0 Å². The zero-order valence-corrected chi connectivity index (χ0v) is 20.8. The number of carbonyl (C=O) groups excluding carboxylic acids is 2. The Bertz CT molecular complexity index is 1350. The molecular weight excluding hydrogens is 484 g/mol. The summed E-state index contributed by atoms with van der Waals surface area (Å²) in [5.41, 5.74) is 3.41. The SMILES string of the molecule is O=C(CC(=O)N1N=C(N(c2ccccc2)c2ccccc2)C[C@H]1c1ccccc1)Nc1ccc(Cl)cc1. The second-order valence-electron chi connectivity index (χ2n) is 8.62. The Balaban J connectivity index is 1.45. The van der Waals surface area contributed by atoms with E-state index in [2.05, 4.69) is 10.2 Å². The number of hydrogen-bond acceptors (Lipinski definition) is 4. The van der Waals surface area contributed by atoms with Crippen LogP contribution in [-0.4, -0.2) is 22.7 Å². The Morgan fingerprint density at radius 1 is 0.811 bits per heavy atom. The molecule has 0 fully saturated rings. The molecule has 1 aliphatic rings. The topological polar surface area (TPSA) is 65.0 Å². The lowest BCUT2D eigenvalue weighted by Crippen LogP contribution is -2.30. The lowest BCUT2D eigenvalue weighted by Gasteiger charge is -2.24. The van der Waals surface area contributed by atoms with Gasteiger partial charge in [0.05, 0.1) is 6.04 Å². The quantitative estimate of drug-likeness (QED) is 0.291. The lowest BCUT2D eigenvalue weighted by molar-refractivity contribution is -0.136. The average molecular weight is 509 g/mol. The first-order chi connectivity index (χ1) is 18.1. The van der Waals surface area contributed by atoms with Crippen LogP contribution in [0.5, 0.6) is 0 Å². The highest BCUT2D eigenvalue weighted by atomic mass is 35.5. The lowest BCUT2D eigenvalue weighted by atomic mass is 10.0. The van der Waals surface area contributed by atoms with E-state index in [1.54, 1.807) is 24.3 Å². The number of hydrogen-bond donors (Lipinski definition) is 1. The first-order valence-electron chi connectivity index (χ1n) is 12.0. The number of nitrogens with one attached hydrogen (secondary N) is 1. The number of halogens is 1. The van der Waals surface area contributed by atoms with E-state index in [0.29, 0.717) is 17.1 Å². The van der Waals surface area contributed by atoms with Gasteiger partial charge in [0.1, 0.15) is 12.3 Å². The van der Waals surface area contributed by atoms with Crippen LogP contribution in [0.4, 0.5) is 17.1 Å². The van der Waals surface area contributed by atoms with Gasteiger partial charge in [-0.1, -0.05) is 78.3 Å². The molecule has 2 amide bonds. The van der Waals surface area contributed by atoms with Crippen LogP contribution in [0.15, 0.2) is 120 Å². The van der Waals surface area contributed by atoms with Crippen molar-refractivity contribution in [3.63, 3.8) is 0 Å². The van der Waals surface area contributed by atoms with Crippen LogP contribution >= 0.6 is 11.6 Å². The fourth-order valence-electron chi connectivity index (χ4n) is 4.35. The molecule has 1 heterocycles. The van der Waals surface area contributed by atoms with E-state index in [-0.39, 0.29) is 18.4 Å². The summed E-state index contributed by atoms with van der Waals surface area (Å²) in [6.45, 7) is 0. The van der Waals surface area contributed by atoms with Crippen LogP contribution in [-0.2, 0) is 9.59 Å². The molecule has 184 valence electrons. The minimum atomic E-state index is -0.411. The molecule has 5 rings (SSSR count). The third-order valence-electron chi connectivity index (χ3n) is 6.06. The number of hydrazone groups is 1. The highest BCUT2D eigenvalue weighted by molar-refractivity contribution is 6.30. The highest BCUT2D eigenvalue weighted by Crippen LogP contribution is 2.36. The van der Waals surface area contributed by atoms with E-state index in [1.165, 1.54) is 5.01 Å². The first kappa shape index (κ1) is 24.3. The van der Waals surface area contributed by atoms with Crippen molar-refractivity contribution in [2.75, 3.05) is 10.2 Å². The zero-order chi connectivity index (χ0) is 25.6. The van der Waals surface area contributed by atoms with Crippen molar-refractivity contribution < 1.29 is 9.59 Å². The molecule has 1 aliphatic heterocycles. The number of amidine groups is 1. The van der Waals surface area contributed by atoms with Gasteiger partial charge in [-0.2, -0.15) is 5.10 Å². The number of nitrogens with zero attached hydrogens (tertiary/aromatic N) is 3. The second kappa shape index (κ2) is 11.1. The molecular formula is C30H25ClN4O2. The van der Waals surface area contributed by atoms with E-state index in [1.807, 2.05) is 91.0 Å². The van der Waals surface area contributed by atoms with Crippen LogP contribution in [0.25, 0.3) is 0 Å². The molecule has 1 atom stereocenters. The normalized spacial score (nSPS) is 14.7. The van der Waals surface area contributed by atoms with E-state index in [9.17, 15) is 9.59 Å². The van der Waals surface area contributed by atoms with Gasteiger partial charge in [0.25, 0.3) is 5.91 Å². The molecule has 0 saturated carbocycles. The Morgan fingerprint density at radius 3 is 1.92 bits per heavy atom. The number of anilines is 3. The van der Waals surface area contributed by atoms with E-state index in [4.69, 9.17) is 16.7 Å². The van der Waals surface area contributed by atoms with Crippen molar-refractivity contribution in [2.45, 2.75) is 18.9 Å².